The molecule has 1 N–H and O–H groups in total. The fourth-order valence-electron chi connectivity index (χ4n) is 1.02. The van der Waals surface area contributed by atoms with Crippen molar-refractivity contribution >= 4 is 23.2 Å². The number of amides is 1. The Morgan fingerprint density at radius 1 is 1.41 bits per heavy atom. The highest BCUT2D eigenvalue weighted by atomic mass is 35.5. The minimum absolute atomic E-state index is 0.0812. The lowest BCUT2D eigenvalue weighted by molar-refractivity contribution is -0.274. The van der Waals surface area contributed by atoms with Gasteiger partial charge in [-0.2, -0.15) is 0 Å². The first-order valence-corrected chi connectivity index (χ1v) is 5.03. The number of halogens is 4. The first-order chi connectivity index (χ1) is 7.79. The van der Waals surface area contributed by atoms with Crippen molar-refractivity contribution < 1.29 is 22.7 Å². The minimum atomic E-state index is -4.81. The van der Waals surface area contributed by atoms with Gasteiger partial charge in [0.15, 0.2) is 5.75 Å². The second kappa shape index (κ2) is 5.27. The molecular weight excluding hydrogens is 259 g/mol. The molecule has 0 aliphatic carbocycles. The molecule has 0 aliphatic rings. The van der Waals surface area contributed by atoms with E-state index in [0.717, 1.165) is 6.07 Å². The van der Waals surface area contributed by atoms with Gasteiger partial charge in [0, 0.05) is 0 Å². The van der Waals surface area contributed by atoms with Crippen LogP contribution in [0.2, 0.25) is 0 Å². The number of hydrogen-bond donors (Lipinski definition) is 1. The van der Waals surface area contributed by atoms with Crippen LogP contribution in [-0.2, 0) is 4.79 Å². The Labute approximate surface area is 101 Å². The third kappa shape index (κ3) is 4.52. The summed E-state index contributed by atoms with van der Waals surface area (Å²) in [5.74, 6) is -1.09. The molecule has 1 aromatic carbocycles. The second-order valence-corrected chi connectivity index (χ2v) is 3.80. The van der Waals surface area contributed by atoms with E-state index in [4.69, 9.17) is 11.6 Å². The van der Waals surface area contributed by atoms with Gasteiger partial charge in [-0.15, -0.1) is 24.8 Å². The number of carbonyl (C=O) groups is 1. The Balaban J connectivity index is 2.89. The van der Waals surface area contributed by atoms with Gasteiger partial charge in [0.1, 0.15) is 5.38 Å². The van der Waals surface area contributed by atoms with Crippen molar-refractivity contribution in [2.75, 3.05) is 5.32 Å². The number of benzene rings is 1. The van der Waals surface area contributed by atoms with Crippen molar-refractivity contribution in [2.45, 2.75) is 18.7 Å². The molecule has 0 aromatic heterocycles. The average molecular weight is 268 g/mol. The highest BCUT2D eigenvalue weighted by molar-refractivity contribution is 6.32. The first kappa shape index (κ1) is 13.6. The Hall–Kier alpha value is -1.43. The van der Waals surface area contributed by atoms with E-state index in [1.165, 1.54) is 25.1 Å². The maximum Gasteiger partial charge on any atom is 0.573 e. The number of hydrogen-bond acceptors (Lipinski definition) is 2. The van der Waals surface area contributed by atoms with Crippen LogP contribution in [0, 0.1) is 0 Å². The lowest BCUT2D eigenvalue weighted by Crippen LogP contribution is -2.22. The van der Waals surface area contributed by atoms with E-state index in [9.17, 15) is 18.0 Å². The van der Waals surface area contributed by atoms with Gasteiger partial charge in [-0.25, -0.2) is 0 Å². The van der Waals surface area contributed by atoms with Crippen molar-refractivity contribution in [3.63, 3.8) is 0 Å². The normalized spacial score (nSPS) is 13.0. The van der Waals surface area contributed by atoms with Crippen molar-refractivity contribution in [3.05, 3.63) is 24.3 Å². The summed E-state index contributed by atoms with van der Waals surface area (Å²) in [7, 11) is 0. The van der Waals surface area contributed by atoms with E-state index in [-0.39, 0.29) is 5.69 Å². The predicted molar refractivity (Wildman–Crippen MR) is 57.1 cm³/mol. The lowest BCUT2D eigenvalue weighted by Gasteiger charge is -2.14. The number of carbonyl (C=O) groups excluding carboxylic acids is 1. The minimum Gasteiger partial charge on any atom is -0.404 e. The molecule has 1 rings (SSSR count). The van der Waals surface area contributed by atoms with Gasteiger partial charge in [0.2, 0.25) is 5.91 Å². The standard InChI is InChI=1S/C10H9ClF3NO2/c1-6(11)9(16)15-7-4-2-3-5-8(7)17-10(12,13)14/h2-6H,1H3,(H,15,16). The van der Waals surface area contributed by atoms with Crippen LogP contribution in [0.1, 0.15) is 6.92 Å². The van der Waals surface area contributed by atoms with E-state index in [1.807, 2.05) is 0 Å². The summed E-state index contributed by atoms with van der Waals surface area (Å²) in [5, 5.41) is 1.38. The van der Waals surface area contributed by atoms with Gasteiger partial charge in [-0.1, -0.05) is 12.1 Å². The summed E-state index contributed by atoms with van der Waals surface area (Å²) < 4.78 is 39.9. The lowest BCUT2D eigenvalue weighted by atomic mass is 10.3. The van der Waals surface area contributed by atoms with Gasteiger partial charge < -0.3 is 10.1 Å². The summed E-state index contributed by atoms with van der Waals surface area (Å²) in [6, 6.07) is 5.22. The molecule has 17 heavy (non-hydrogen) atoms. The van der Waals surface area contributed by atoms with E-state index in [2.05, 4.69) is 10.1 Å². The van der Waals surface area contributed by atoms with Crippen LogP contribution in [0.25, 0.3) is 0 Å². The number of anilines is 1. The maximum absolute atomic E-state index is 12.1. The van der Waals surface area contributed by atoms with Crippen LogP contribution in [0.15, 0.2) is 24.3 Å². The molecule has 94 valence electrons. The van der Waals surface area contributed by atoms with Gasteiger partial charge in [-0.05, 0) is 19.1 Å². The van der Waals surface area contributed by atoms with Crippen LogP contribution in [0.4, 0.5) is 18.9 Å². The van der Waals surface area contributed by atoms with Crippen molar-refractivity contribution in [2.24, 2.45) is 0 Å². The molecule has 0 heterocycles. The molecule has 1 aromatic rings. The van der Waals surface area contributed by atoms with E-state index in [0.29, 0.717) is 0 Å². The largest absolute Gasteiger partial charge is 0.573 e. The van der Waals surface area contributed by atoms with Crippen molar-refractivity contribution in [1.82, 2.24) is 0 Å². The molecule has 0 radical (unpaired) electrons. The van der Waals surface area contributed by atoms with Gasteiger partial charge in [0.05, 0.1) is 5.69 Å². The monoisotopic (exact) mass is 267 g/mol. The third-order valence-electron chi connectivity index (χ3n) is 1.73. The van der Waals surface area contributed by atoms with Crippen molar-refractivity contribution in [3.8, 4) is 5.75 Å². The molecule has 3 nitrogen and oxygen atoms in total. The van der Waals surface area contributed by atoms with Crippen LogP contribution in [0.3, 0.4) is 0 Å². The average Bonchev–Trinajstić information content (AvgIpc) is 2.18. The van der Waals surface area contributed by atoms with E-state index in [1.54, 1.807) is 0 Å². The van der Waals surface area contributed by atoms with Crippen LogP contribution < -0.4 is 10.1 Å². The number of alkyl halides is 4. The summed E-state index contributed by atoms with van der Waals surface area (Å²) in [6.45, 7) is 1.41. The molecular formula is C10H9ClF3NO2. The summed E-state index contributed by atoms with van der Waals surface area (Å²) in [5.41, 5.74) is -0.0812. The second-order valence-electron chi connectivity index (χ2n) is 3.15. The van der Waals surface area contributed by atoms with Crippen LogP contribution >= 0.6 is 11.6 Å². The van der Waals surface area contributed by atoms with E-state index >= 15 is 0 Å². The first-order valence-electron chi connectivity index (χ1n) is 4.59. The molecule has 1 atom stereocenters. The number of para-hydroxylation sites is 2. The topological polar surface area (TPSA) is 38.3 Å². The van der Waals surface area contributed by atoms with Crippen molar-refractivity contribution in [1.29, 1.82) is 0 Å². The predicted octanol–water partition coefficient (Wildman–Crippen LogP) is 3.15. The summed E-state index contributed by atoms with van der Waals surface area (Å²) in [4.78, 5) is 11.3. The quantitative estimate of drug-likeness (QED) is 0.855. The zero-order chi connectivity index (χ0) is 13.1. The number of rotatable bonds is 3. The fourth-order valence-corrected chi connectivity index (χ4v) is 1.07. The molecule has 0 spiro atoms. The Morgan fingerprint density at radius 3 is 2.53 bits per heavy atom. The fraction of sp³-hybridized carbons (Fsp3) is 0.300. The van der Waals surface area contributed by atoms with Crippen LogP contribution in [-0.4, -0.2) is 17.6 Å². The highest BCUT2D eigenvalue weighted by Crippen LogP contribution is 2.30. The summed E-state index contributed by atoms with van der Waals surface area (Å²) >= 11 is 5.49. The molecule has 0 bridgehead atoms. The molecule has 7 heteroatoms. The Kier molecular flexibility index (Phi) is 4.22. The van der Waals surface area contributed by atoms with Gasteiger partial charge in [-0.3, -0.25) is 4.79 Å². The molecule has 0 fully saturated rings. The molecule has 0 saturated heterocycles. The third-order valence-corrected chi connectivity index (χ3v) is 1.93. The maximum atomic E-state index is 12.1. The number of nitrogens with one attached hydrogen (secondary N) is 1. The Bertz CT molecular complexity index is 407. The summed E-state index contributed by atoms with van der Waals surface area (Å²) in [6.07, 6.45) is -4.81. The zero-order valence-corrected chi connectivity index (χ0v) is 9.47. The molecule has 0 saturated carbocycles. The van der Waals surface area contributed by atoms with Gasteiger partial charge in [0.25, 0.3) is 0 Å². The van der Waals surface area contributed by atoms with E-state index < -0.39 is 23.4 Å². The zero-order valence-electron chi connectivity index (χ0n) is 8.72. The number of ether oxygens (including phenoxy) is 1. The smallest absolute Gasteiger partial charge is 0.404 e. The van der Waals surface area contributed by atoms with Crippen LogP contribution in [0.5, 0.6) is 5.75 Å². The van der Waals surface area contributed by atoms with Gasteiger partial charge >= 0.3 is 6.36 Å². The highest BCUT2D eigenvalue weighted by Gasteiger charge is 2.32. The molecule has 0 aliphatic heterocycles. The molecule has 1 amide bonds. The molecule has 1 unspecified atom stereocenters. The SMILES string of the molecule is CC(Cl)C(=O)Nc1ccccc1OC(F)(F)F. The Morgan fingerprint density at radius 2 is 2.00 bits per heavy atom.